The zero-order valence-electron chi connectivity index (χ0n) is 27.1. The molecule has 5 rings (SSSR count). The lowest BCUT2D eigenvalue weighted by Gasteiger charge is -2.52. The van der Waals surface area contributed by atoms with Crippen LogP contribution in [0.1, 0.15) is 78.2 Å². The minimum atomic E-state index is -0.917. The second-order valence-corrected chi connectivity index (χ2v) is 14.9. The van der Waals surface area contributed by atoms with E-state index in [1.807, 2.05) is 62.5 Å². The van der Waals surface area contributed by atoms with Crippen molar-refractivity contribution in [2.45, 2.75) is 95.4 Å². The minimum Gasteiger partial charge on any atom is -0.465 e. The molecule has 2 saturated carbocycles. The molecule has 0 atom stereocenters. The van der Waals surface area contributed by atoms with E-state index in [-0.39, 0.29) is 17.9 Å². The first-order chi connectivity index (χ1) is 21.6. The van der Waals surface area contributed by atoms with Crippen LogP contribution in [0.2, 0.25) is 0 Å². The lowest BCUT2D eigenvalue weighted by Crippen LogP contribution is -2.62. The molecule has 2 fully saturated rings. The number of anilines is 1. The summed E-state index contributed by atoms with van der Waals surface area (Å²) in [6.45, 7) is 7.21. The Labute approximate surface area is 274 Å². The number of nitrogens with one attached hydrogen (secondary N) is 2. The van der Waals surface area contributed by atoms with Crippen molar-refractivity contribution in [2.24, 2.45) is 5.92 Å². The predicted octanol–water partition coefficient (Wildman–Crippen LogP) is 7.24. The third-order valence-corrected chi connectivity index (χ3v) is 9.68. The monoisotopic (exact) mass is 648 g/mol. The number of aliphatic hydroxyl groups is 1. The average Bonchev–Trinajstić information content (AvgIpc) is 3.50. The fourth-order valence-corrected chi connectivity index (χ4v) is 7.50. The Bertz CT molecular complexity index is 1550. The lowest BCUT2D eigenvalue weighted by atomic mass is 9.62. The molecule has 2 aliphatic carbocycles. The van der Waals surface area contributed by atoms with Crippen molar-refractivity contribution < 1.29 is 29.3 Å². The van der Waals surface area contributed by atoms with Crippen molar-refractivity contribution in [1.29, 1.82) is 0 Å². The summed E-state index contributed by atoms with van der Waals surface area (Å²) in [6.07, 6.45) is 4.58. The molecule has 4 N–H and O–H groups in total. The van der Waals surface area contributed by atoms with E-state index >= 15 is 0 Å². The van der Waals surface area contributed by atoms with Gasteiger partial charge in [0.05, 0.1) is 11.1 Å². The van der Waals surface area contributed by atoms with E-state index < -0.39 is 28.9 Å². The number of thiophene rings is 1. The average molecular weight is 649 g/mol. The van der Waals surface area contributed by atoms with Gasteiger partial charge in [-0.25, -0.2) is 14.6 Å². The Kier molecular flexibility index (Phi) is 9.47. The van der Waals surface area contributed by atoms with Crippen LogP contribution in [-0.2, 0) is 15.1 Å². The maximum absolute atomic E-state index is 13.0. The molecule has 10 nitrogen and oxygen atoms in total. The van der Waals surface area contributed by atoms with Gasteiger partial charge in [-0.3, -0.25) is 4.79 Å². The molecule has 3 aromatic rings. The molecule has 0 aliphatic heterocycles. The van der Waals surface area contributed by atoms with Gasteiger partial charge in [-0.2, -0.15) is 11.3 Å². The van der Waals surface area contributed by atoms with Gasteiger partial charge in [-0.05, 0) is 104 Å². The van der Waals surface area contributed by atoms with Gasteiger partial charge in [-0.1, -0.05) is 24.3 Å². The van der Waals surface area contributed by atoms with Crippen molar-refractivity contribution in [2.75, 3.05) is 12.4 Å². The topological polar surface area (TPSA) is 141 Å². The van der Waals surface area contributed by atoms with E-state index in [1.165, 1.54) is 4.90 Å². The lowest BCUT2D eigenvalue weighted by molar-refractivity contribution is -0.117. The van der Waals surface area contributed by atoms with E-state index in [0.717, 1.165) is 53.5 Å². The number of hydrogen-bond acceptors (Lipinski definition) is 7. The van der Waals surface area contributed by atoms with Crippen LogP contribution in [0, 0.1) is 5.92 Å². The normalized spacial score (nSPS) is 24.4. The van der Waals surface area contributed by atoms with Gasteiger partial charge < -0.3 is 30.5 Å². The Morgan fingerprint density at radius 3 is 2.28 bits per heavy atom. The summed E-state index contributed by atoms with van der Waals surface area (Å²) in [5.41, 5.74) is 2.39. The highest BCUT2D eigenvalue weighted by molar-refractivity contribution is 7.08. The molecule has 0 bridgehead atoms. The first-order valence-corrected chi connectivity index (χ1v) is 16.7. The van der Waals surface area contributed by atoms with Crippen LogP contribution in [-0.4, -0.2) is 62.5 Å². The number of carbonyl (C=O) groups excluding carboxylic acids is 2. The number of aromatic nitrogens is 1. The highest BCUT2D eigenvalue weighted by Crippen LogP contribution is 2.49. The standard InChI is InChI=1S/C35H44N4O6S/c1-33(2,3)45-31(41)38-35(20-34(4,44)21-35)25-10-8-23(9-11-25)28-18-36-29(17-27(28)24-14-15-46-19-24)37-30(40)16-22-6-12-26(13-7-22)39(5)32(42)43/h8-11,14-15,17-19,22,26,44H,6-7,12-13,16,20-21H2,1-5H3,(H,38,41)(H,42,43)(H,36,37,40)/t22-,26-,34-,35-. The Morgan fingerprint density at radius 2 is 1.72 bits per heavy atom. The summed E-state index contributed by atoms with van der Waals surface area (Å²) in [4.78, 5) is 43.0. The second kappa shape index (κ2) is 13.0. The molecule has 2 aromatic heterocycles. The summed E-state index contributed by atoms with van der Waals surface area (Å²) in [6, 6.07) is 11.9. The van der Waals surface area contributed by atoms with Gasteiger partial charge in [0.2, 0.25) is 5.91 Å². The van der Waals surface area contributed by atoms with Gasteiger partial charge in [0.15, 0.2) is 0 Å². The van der Waals surface area contributed by atoms with Gasteiger partial charge in [0.1, 0.15) is 11.4 Å². The Balaban J connectivity index is 1.31. The van der Waals surface area contributed by atoms with Gasteiger partial charge >= 0.3 is 12.2 Å². The third-order valence-electron chi connectivity index (χ3n) is 9.00. The third kappa shape index (κ3) is 7.87. The number of nitrogens with zero attached hydrogens (tertiary/aromatic N) is 2. The number of carboxylic acid groups (broad SMARTS) is 1. The quantitative estimate of drug-likeness (QED) is 0.202. The molecule has 11 heteroatoms. The Hall–Kier alpha value is -3.96. The number of alkyl carbamates (subject to hydrolysis) is 1. The van der Waals surface area contributed by atoms with Crippen molar-refractivity contribution in [3.05, 3.63) is 58.9 Å². The molecule has 1 aromatic carbocycles. The molecule has 0 spiro atoms. The van der Waals surface area contributed by atoms with E-state index in [0.29, 0.717) is 25.1 Å². The van der Waals surface area contributed by atoms with Gasteiger partial charge in [0, 0.05) is 44.1 Å². The largest absolute Gasteiger partial charge is 0.465 e. The van der Waals surface area contributed by atoms with Gasteiger partial charge in [-0.15, -0.1) is 0 Å². The van der Waals surface area contributed by atoms with E-state index in [2.05, 4.69) is 21.0 Å². The smallest absolute Gasteiger partial charge is 0.408 e. The van der Waals surface area contributed by atoms with Gasteiger partial charge in [0.25, 0.3) is 0 Å². The highest BCUT2D eigenvalue weighted by atomic mass is 32.1. The van der Waals surface area contributed by atoms with Crippen molar-refractivity contribution in [1.82, 2.24) is 15.2 Å². The van der Waals surface area contributed by atoms with Crippen molar-refractivity contribution in [3.8, 4) is 22.3 Å². The summed E-state index contributed by atoms with van der Waals surface area (Å²) in [5.74, 6) is 0.582. The number of rotatable bonds is 8. The van der Waals surface area contributed by atoms with E-state index in [1.54, 1.807) is 31.5 Å². The van der Waals surface area contributed by atoms with Crippen LogP contribution >= 0.6 is 11.3 Å². The predicted molar refractivity (Wildman–Crippen MR) is 179 cm³/mol. The first kappa shape index (κ1) is 33.4. The molecule has 246 valence electrons. The zero-order valence-corrected chi connectivity index (χ0v) is 27.9. The van der Waals surface area contributed by atoms with Crippen LogP contribution in [0.15, 0.2) is 53.4 Å². The first-order valence-electron chi connectivity index (χ1n) is 15.8. The van der Waals surface area contributed by atoms with Crippen LogP contribution in [0.4, 0.5) is 15.4 Å². The molecule has 0 unspecified atom stereocenters. The SMILES string of the molecule is CN(C(=O)O)[C@H]1CC[C@H](CC(=O)Nc2cc(-c3ccsc3)c(-c3ccc([C@]4(NC(=O)OC(C)(C)C)C[C@](C)(O)C4)cc3)cn2)CC1. The van der Waals surface area contributed by atoms with Crippen molar-refractivity contribution >= 4 is 35.2 Å². The molecular formula is C35H44N4O6S. The summed E-state index contributed by atoms with van der Waals surface area (Å²) >= 11 is 1.59. The number of pyridine rings is 1. The van der Waals surface area contributed by atoms with E-state index in [4.69, 9.17) is 4.74 Å². The van der Waals surface area contributed by atoms with E-state index in [9.17, 15) is 24.6 Å². The van der Waals surface area contributed by atoms with Crippen LogP contribution in [0.25, 0.3) is 22.3 Å². The number of carbonyl (C=O) groups is 3. The Morgan fingerprint density at radius 1 is 1.04 bits per heavy atom. The summed E-state index contributed by atoms with van der Waals surface area (Å²) < 4.78 is 5.52. The second-order valence-electron chi connectivity index (χ2n) is 14.1. The zero-order chi connectivity index (χ0) is 33.3. The molecule has 2 heterocycles. The number of amides is 3. The maximum Gasteiger partial charge on any atom is 0.408 e. The molecule has 46 heavy (non-hydrogen) atoms. The summed E-state index contributed by atoms with van der Waals surface area (Å²) in [5, 5.41) is 29.9. The number of ether oxygens (including phenoxy) is 1. The number of hydrogen-bond donors (Lipinski definition) is 4. The fraction of sp³-hybridized carbons (Fsp3) is 0.486. The molecule has 0 saturated heterocycles. The maximum atomic E-state index is 13.0. The summed E-state index contributed by atoms with van der Waals surface area (Å²) in [7, 11) is 1.61. The van der Waals surface area contributed by atoms with Crippen molar-refractivity contribution in [3.63, 3.8) is 0 Å². The van der Waals surface area contributed by atoms with Crippen LogP contribution < -0.4 is 10.6 Å². The highest BCUT2D eigenvalue weighted by Gasteiger charge is 2.53. The molecule has 0 radical (unpaired) electrons. The fourth-order valence-electron chi connectivity index (χ4n) is 6.84. The number of benzene rings is 1. The van der Waals surface area contributed by atoms with Crippen LogP contribution in [0.5, 0.6) is 0 Å². The molecule has 3 amide bonds. The molecule has 2 aliphatic rings. The van der Waals surface area contributed by atoms with Crippen LogP contribution in [0.3, 0.4) is 0 Å². The minimum absolute atomic E-state index is 0.00336. The molecular weight excluding hydrogens is 604 g/mol.